The van der Waals surface area contributed by atoms with Crippen LogP contribution in [0.1, 0.15) is 45.2 Å². The molecule has 0 aromatic carbocycles. The lowest BCUT2D eigenvalue weighted by molar-refractivity contribution is 0.571. The molecule has 0 bridgehead atoms. The van der Waals surface area contributed by atoms with E-state index in [1.165, 1.54) is 37.9 Å². The summed E-state index contributed by atoms with van der Waals surface area (Å²) in [5.74, 6) is 0. The van der Waals surface area contributed by atoms with Gasteiger partial charge in [0.15, 0.2) is 0 Å². The minimum Gasteiger partial charge on any atom is -0.351 e. The standard InChI is InChI=1S/C12H21N.CHN/c1-3-5-6-7-10-13-11-8-9-12(13)4-2;1-2/h8-9,11H,3-7,10H2,1-2H3;1H. The second kappa shape index (κ2) is 9.33. The number of hydrogen-bond donors (Lipinski definition) is 0. The van der Waals surface area contributed by atoms with E-state index in [-0.39, 0.29) is 0 Å². The molecule has 0 radical (unpaired) electrons. The predicted octanol–water partition coefficient (Wildman–Crippen LogP) is 3.77. The Bertz CT molecular complexity index is 260. The van der Waals surface area contributed by atoms with Gasteiger partial charge in [0, 0.05) is 25.0 Å². The lowest BCUT2D eigenvalue weighted by Gasteiger charge is -2.06. The molecule has 0 aliphatic carbocycles. The number of rotatable bonds is 6. The maximum absolute atomic E-state index is 6.50. The molecule has 0 spiro atoms. The number of nitrogens with zero attached hydrogens (tertiary/aromatic N) is 2. The van der Waals surface area contributed by atoms with Gasteiger partial charge >= 0.3 is 0 Å². The van der Waals surface area contributed by atoms with Crippen molar-refractivity contribution >= 4 is 0 Å². The SMILES string of the molecule is C#N.CCCCCCn1cccc1CC. The highest BCUT2D eigenvalue weighted by Gasteiger charge is 1.96. The average Bonchev–Trinajstić information content (AvgIpc) is 2.74. The first-order valence-electron chi connectivity index (χ1n) is 5.78. The Morgan fingerprint density at radius 2 is 1.93 bits per heavy atom. The fraction of sp³-hybridized carbons (Fsp3) is 0.615. The van der Waals surface area contributed by atoms with Crippen LogP contribution in [-0.2, 0) is 13.0 Å². The zero-order chi connectivity index (χ0) is 11.5. The third kappa shape index (κ3) is 5.27. The topological polar surface area (TPSA) is 28.7 Å². The van der Waals surface area contributed by atoms with E-state index in [4.69, 9.17) is 5.26 Å². The van der Waals surface area contributed by atoms with Gasteiger partial charge < -0.3 is 4.57 Å². The van der Waals surface area contributed by atoms with E-state index in [1.54, 1.807) is 0 Å². The van der Waals surface area contributed by atoms with E-state index >= 15 is 0 Å². The van der Waals surface area contributed by atoms with E-state index in [0.29, 0.717) is 0 Å². The first kappa shape index (κ1) is 13.8. The monoisotopic (exact) mass is 206 g/mol. The van der Waals surface area contributed by atoms with Crippen LogP contribution < -0.4 is 0 Å². The highest BCUT2D eigenvalue weighted by Crippen LogP contribution is 2.07. The van der Waals surface area contributed by atoms with Crippen LogP contribution in [0.25, 0.3) is 0 Å². The van der Waals surface area contributed by atoms with Crippen molar-refractivity contribution in [3.05, 3.63) is 24.0 Å². The summed E-state index contributed by atoms with van der Waals surface area (Å²) in [7, 11) is 0. The predicted molar refractivity (Wildman–Crippen MR) is 64.6 cm³/mol. The Hall–Kier alpha value is -1.23. The molecule has 0 aliphatic rings. The summed E-state index contributed by atoms with van der Waals surface area (Å²) in [6.07, 6.45) is 8.76. The summed E-state index contributed by atoms with van der Waals surface area (Å²) in [4.78, 5) is 0. The third-order valence-corrected chi connectivity index (χ3v) is 2.54. The molecule has 1 heterocycles. The largest absolute Gasteiger partial charge is 0.351 e. The second-order valence-corrected chi connectivity index (χ2v) is 3.61. The zero-order valence-corrected chi connectivity index (χ0v) is 9.95. The quantitative estimate of drug-likeness (QED) is 0.651. The summed E-state index contributed by atoms with van der Waals surface area (Å²) >= 11 is 0. The van der Waals surface area contributed by atoms with Crippen molar-refractivity contribution in [2.24, 2.45) is 0 Å². The molecule has 2 nitrogen and oxygen atoms in total. The fourth-order valence-electron chi connectivity index (χ4n) is 1.70. The van der Waals surface area contributed by atoms with Gasteiger partial charge in [-0.15, -0.1) is 0 Å². The number of aromatic nitrogens is 1. The van der Waals surface area contributed by atoms with Crippen LogP contribution in [0, 0.1) is 11.8 Å². The maximum atomic E-state index is 6.50. The second-order valence-electron chi connectivity index (χ2n) is 3.61. The van der Waals surface area contributed by atoms with Crippen molar-refractivity contribution in [1.29, 1.82) is 5.26 Å². The van der Waals surface area contributed by atoms with Gasteiger partial charge in [-0.25, -0.2) is 5.26 Å². The molecule has 1 aromatic heterocycles. The molecule has 0 N–H and O–H groups in total. The van der Waals surface area contributed by atoms with Crippen LogP contribution in [0.4, 0.5) is 0 Å². The highest BCUT2D eigenvalue weighted by molar-refractivity contribution is 5.06. The first-order valence-corrected chi connectivity index (χ1v) is 5.78. The molecule has 0 atom stereocenters. The lowest BCUT2D eigenvalue weighted by Crippen LogP contribution is -2.00. The van der Waals surface area contributed by atoms with E-state index < -0.39 is 0 Å². The molecule has 0 saturated carbocycles. The molecular weight excluding hydrogens is 184 g/mol. The van der Waals surface area contributed by atoms with Crippen molar-refractivity contribution in [3.8, 4) is 6.57 Å². The molecule has 0 fully saturated rings. The normalized spacial score (nSPS) is 9.33. The summed E-state index contributed by atoms with van der Waals surface area (Å²) in [5, 5.41) is 6.50. The third-order valence-electron chi connectivity index (χ3n) is 2.54. The van der Waals surface area contributed by atoms with Crippen LogP contribution in [0.15, 0.2) is 18.3 Å². The van der Waals surface area contributed by atoms with Crippen LogP contribution in [0.3, 0.4) is 0 Å². The lowest BCUT2D eigenvalue weighted by atomic mass is 10.2. The molecule has 2 heteroatoms. The molecule has 0 unspecified atom stereocenters. The van der Waals surface area contributed by atoms with Crippen molar-refractivity contribution in [1.82, 2.24) is 4.57 Å². The smallest absolute Gasteiger partial charge is 0.0462 e. The summed E-state index contributed by atoms with van der Waals surface area (Å²) in [5.41, 5.74) is 1.47. The van der Waals surface area contributed by atoms with Crippen LogP contribution >= 0.6 is 0 Å². The van der Waals surface area contributed by atoms with E-state index in [9.17, 15) is 0 Å². The van der Waals surface area contributed by atoms with Gasteiger partial charge in [0.2, 0.25) is 0 Å². The number of nitriles is 1. The molecule has 0 amide bonds. The van der Waals surface area contributed by atoms with Gasteiger partial charge in [0.25, 0.3) is 0 Å². The van der Waals surface area contributed by atoms with Gasteiger partial charge in [0.1, 0.15) is 0 Å². The van der Waals surface area contributed by atoms with Gasteiger partial charge in [0.05, 0.1) is 0 Å². The van der Waals surface area contributed by atoms with Gasteiger partial charge in [-0.3, -0.25) is 0 Å². The van der Waals surface area contributed by atoms with Crippen LogP contribution in [0.5, 0.6) is 0 Å². The minimum atomic E-state index is 1.15. The minimum absolute atomic E-state index is 1.15. The molecule has 15 heavy (non-hydrogen) atoms. The molecule has 1 rings (SSSR count). The number of hydrogen-bond acceptors (Lipinski definition) is 1. The van der Waals surface area contributed by atoms with E-state index in [0.717, 1.165) is 6.42 Å². The molecule has 0 aliphatic heterocycles. The summed E-state index contributed by atoms with van der Waals surface area (Å²) in [6, 6.07) is 4.37. The average molecular weight is 206 g/mol. The molecular formula is C13H22N2. The van der Waals surface area contributed by atoms with Gasteiger partial charge in [-0.1, -0.05) is 33.1 Å². The van der Waals surface area contributed by atoms with Gasteiger partial charge in [-0.05, 0) is 25.0 Å². The van der Waals surface area contributed by atoms with Crippen molar-refractivity contribution in [3.63, 3.8) is 0 Å². The van der Waals surface area contributed by atoms with Gasteiger partial charge in [-0.2, -0.15) is 0 Å². The highest BCUT2D eigenvalue weighted by atomic mass is 15.0. The fourth-order valence-corrected chi connectivity index (χ4v) is 1.70. The van der Waals surface area contributed by atoms with Crippen molar-refractivity contribution in [2.75, 3.05) is 0 Å². The van der Waals surface area contributed by atoms with E-state index in [1.807, 2.05) is 0 Å². The zero-order valence-electron chi connectivity index (χ0n) is 9.95. The molecule has 0 saturated heterocycles. The Morgan fingerprint density at radius 3 is 2.53 bits per heavy atom. The molecule has 84 valence electrons. The Morgan fingerprint density at radius 1 is 1.20 bits per heavy atom. The van der Waals surface area contributed by atoms with Crippen molar-refractivity contribution in [2.45, 2.75) is 52.5 Å². The van der Waals surface area contributed by atoms with Crippen LogP contribution in [-0.4, -0.2) is 4.57 Å². The van der Waals surface area contributed by atoms with E-state index in [2.05, 4.69) is 43.3 Å². The summed E-state index contributed by atoms with van der Waals surface area (Å²) in [6.45, 7) is 9.18. The number of unbranched alkanes of at least 4 members (excludes halogenated alkanes) is 3. The number of aryl methyl sites for hydroxylation is 2. The Labute approximate surface area is 93.5 Å². The molecule has 1 aromatic rings. The Kier molecular flexibility index (Phi) is 8.56. The summed E-state index contributed by atoms with van der Waals surface area (Å²) < 4.78 is 2.38. The van der Waals surface area contributed by atoms with Crippen molar-refractivity contribution < 1.29 is 0 Å². The van der Waals surface area contributed by atoms with Crippen LogP contribution in [0.2, 0.25) is 0 Å². The Balaban J connectivity index is 0.000000921. The maximum Gasteiger partial charge on any atom is 0.0462 e. The first-order chi connectivity index (χ1) is 7.38.